The Morgan fingerprint density at radius 2 is 2.26 bits per heavy atom. The Morgan fingerprint density at radius 3 is 2.89 bits per heavy atom. The average molecular weight is 303 g/mol. The molecule has 2 amide bonds. The second kappa shape index (κ2) is 8.30. The van der Waals surface area contributed by atoms with Crippen LogP contribution in [-0.2, 0) is 0 Å². The molecule has 1 aromatic rings. The molecule has 1 atom stereocenters. The number of aliphatic hydroxyl groups excluding tert-OH is 1. The van der Waals surface area contributed by atoms with E-state index in [9.17, 15) is 4.79 Å². The maximum atomic E-state index is 11.9. The van der Waals surface area contributed by atoms with Crippen LogP contribution in [0.25, 0.3) is 0 Å². The van der Waals surface area contributed by atoms with Crippen LogP contribution in [0.15, 0.2) is 18.2 Å². The number of amides is 2. The van der Waals surface area contributed by atoms with Crippen LogP contribution in [0.1, 0.15) is 12.0 Å². The summed E-state index contributed by atoms with van der Waals surface area (Å²) in [4.78, 5) is 11.9. The smallest absolute Gasteiger partial charge is 0.319 e. The molecule has 0 aromatic heterocycles. The largest absolute Gasteiger partial charge is 0.396 e. The number of hydrogen-bond donors (Lipinski definition) is 3. The highest BCUT2D eigenvalue weighted by Crippen LogP contribution is 2.20. The molecule has 1 rings (SSSR count). The van der Waals surface area contributed by atoms with Gasteiger partial charge in [-0.2, -0.15) is 11.8 Å². The van der Waals surface area contributed by atoms with Crippen LogP contribution in [-0.4, -0.2) is 35.8 Å². The monoisotopic (exact) mass is 302 g/mol. The lowest BCUT2D eigenvalue weighted by molar-refractivity contribution is 0.241. The fourth-order valence-corrected chi connectivity index (χ4v) is 2.45. The van der Waals surface area contributed by atoms with E-state index in [0.29, 0.717) is 17.1 Å². The lowest BCUT2D eigenvalue weighted by Gasteiger charge is -2.17. The Morgan fingerprint density at radius 1 is 1.53 bits per heavy atom. The van der Waals surface area contributed by atoms with Crippen molar-refractivity contribution in [3.8, 4) is 0 Å². The van der Waals surface area contributed by atoms with Crippen molar-refractivity contribution in [3.05, 3.63) is 28.8 Å². The molecule has 19 heavy (non-hydrogen) atoms. The van der Waals surface area contributed by atoms with E-state index in [0.717, 1.165) is 11.3 Å². The molecule has 0 unspecified atom stereocenters. The summed E-state index contributed by atoms with van der Waals surface area (Å²) < 4.78 is 0. The fourth-order valence-electron chi connectivity index (χ4n) is 1.63. The van der Waals surface area contributed by atoms with Gasteiger partial charge in [0.25, 0.3) is 0 Å². The van der Waals surface area contributed by atoms with Crippen LogP contribution < -0.4 is 10.6 Å². The summed E-state index contributed by atoms with van der Waals surface area (Å²) in [5, 5.41) is 15.1. The van der Waals surface area contributed by atoms with Crippen molar-refractivity contribution >= 4 is 35.1 Å². The van der Waals surface area contributed by atoms with Crippen molar-refractivity contribution in [1.29, 1.82) is 0 Å². The number of halogens is 1. The van der Waals surface area contributed by atoms with Gasteiger partial charge in [-0.1, -0.05) is 17.7 Å². The number of anilines is 1. The number of urea groups is 1. The molecule has 1 aromatic carbocycles. The normalized spacial score (nSPS) is 12.0. The highest BCUT2D eigenvalue weighted by Gasteiger charge is 2.12. The number of aliphatic hydroxyl groups is 1. The van der Waals surface area contributed by atoms with Crippen molar-refractivity contribution in [2.75, 3.05) is 23.9 Å². The van der Waals surface area contributed by atoms with Crippen molar-refractivity contribution in [2.24, 2.45) is 0 Å². The molecule has 0 aliphatic carbocycles. The average Bonchev–Trinajstić information content (AvgIpc) is 2.34. The minimum Gasteiger partial charge on any atom is -0.396 e. The minimum absolute atomic E-state index is 0.0421. The maximum absolute atomic E-state index is 11.9. The Hall–Kier alpha value is -0.910. The number of hydrogen-bond acceptors (Lipinski definition) is 3. The maximum Gasteiger partial charge on any atom is 0.319 e. The molecule has 0 fully saturated rings. The molecule has 0 heterocycles. The van der Waals surface area contributed by atoms with Crippen LogP contribution in [0.5, 0.6) is 0 Å². The second-order valence-corrected chi connectivity index (χ2v) is 5.57. The summed E-state index contributed by atoms with van der Waals surface area (Å²) in [6.45, 7) is 1.96. The number of aryl methyl sites for hydroxylation is 1. The van der Waals surface area contributed by atoms with E-state index >= 15 is 0 Å². The molecule has 106 valence electrons. The zero-order valence-electron chi connectivity index (χ0n) is 11.1. The third-order valence-electron chi connectivity index (χ3n) is 2.63. The molecule has 0 aliphatic rings. The van der Waals surface area contributed by atoms with E-state index in [-0.39, 0.29) is 18.7 Å². The first-order chi connectivity index (χ1) is 9.06. The van der Waals surface area contributed by atoms with Gasteiger partial charge in [0, 0.05) is 29.1 Å². The quantitative estimate of drug-likeness (QED) is 0.757. The number of carbonyl (C=O) groups excluding carboxylic acids is 1. The summed E-state index contributed by atoms with van der Waals surface area (Å²) in [5.41, 5.74) is 1.64. The van der Waals surface area contributed by atoms with Crippen molar-refractivity contribution < 1.29 is 9.90 Å². The number of thioether (sulfide) groups is 1. The number of carbonyl (C=O) groups is 1. The van der Waals surface area contributed by atoms with Crippen LogP contribution in [0, 0.1) is 6.92 Å². The summed E-state index contributed by atoms with van der Waals surface area (Å²) in [7, 11) is 0. The standard InChI is InChI=1S/C13H19ClN2O2S/c1-9-3-4-10(14)7-12(9)16-13(18)15-11(5-6-17)8-19-2/h3-4,7,11,17H,5-6,8H2,1-2H3,(H2,15,16,18)/t11-/m1/s1. The number of nitrogens with one attached hydrogen (secondary N) is 2. The van der Waals surface area contributed by atoms with Gasteiger partial charge in [0.05, 0.1) is 0 Å². The summed E-state index contributed by atoms with van der Waals surface area (Å²) in [6, 6.07) is 5.02. The predicted molar refractivity (Wildman–Crippen MR) is 82.2 cm³/mol. The van der Waals surface area contributed by atoms with E-state index in [1.54, 1.807) is 23.9 Å². The zero-order valence-corrected chi connectivity index (χ0v) is 12.6. The van der Waals surface area contributed by atoms with Gasteiger partial charge in [-0.25, -0.2) is 4.79 Å². The van der Waals surface area contributed by atoms with E-state index in [1.165, 1.54) is 0 Å². The highest BCUT2D eigenvalue weighted by atomic mass is 35.5. The summed E-state index contributed by atoms with van der Waals surface area (Å²) in [5.74, 6) is 0.766. The Labute approximate surface area is 122 Å². The van der Waals surface area contributed by atoms with Crippen LogP contribution in [0.3, 0.4) is 0 Å². The van der Waals surface area contributed by atoms with Crippen molar-refractivity contribution in [3.63, 3.8) is 0 Å². The van der Waals surface area contributed by atoms with Crippen LogP contribution in [0.4, 0.5) is 10.5 Å². The first-order valence-electron chi connectivity index (χ1n) is 6.00. The van der Waals surface area contributed by atoms with Crippen LogP contribution in [0.2, 0.25) is 5.02 Å². The summed E-state index contributed by atoms with van der Waals surface area (Å²) >= 11 is 7.53. The molecular weight excluding hydrogens is 284 g/mol. The molecule has 0 saturated heterocycles. The van der Waals surface area contributed by atoms with Crippen molar-refractivity contribution in [1.82, 2.24) is 5.32 Å². The van der Waals surface area contributed by atoms with Gasteiger partial charge in [-0.05, 0) is 37.3 Å². The van der Waals surface area contributed by atoms with Gasteiger partial charge in [-0.15, -0.1) is 0 Å². The molecule has 6 heteroatoms. The van der Waals surface area contributed by atoms with Gasteiger partial charge in [0.15, 0.2) is 0 Å². The Bertz CT molecular complexity index is 423. The first-order valence-corrected chi connectivity index (χ1v) is 7.77. The molecule has 3 N–H and O–H groups in total. The molecule has 0 bridgehead atoms. The van der Waals surface area contributed by atoms with Gasteiger partial charge < -0.3 is 15.7 Å². The van der Waals surface area contributed by atoms with Gasteiger partial charge in [-0.3, -0.25) is 0 Å². The molecular formula is C13H19ClN2O2S. The molecule has 0 aliphatic heterocycles. The lowest BCUT2D eigenvalue weighted by Crippen LogP contribution is -2.40. The van der Waals surface area contributed by atoms with Gasteiger partial charge in [0.1, 0.15) is 0 Å². The third kappa shape index (κ3) is 5.72. The SMILES string of the molecule is CSC[C@@H](CCO)NC(=O)Nc1cc(Cl)ccc1C. The minimum atomic E-state index is -0.280. The van der Waals surface area contributed by atoms with Gasteiger partial charge in [0.2, 0.25) is 0 Å². The van der Waals surface area contributed by atoms with E-state index in [2.05, 4.69) is 10.6 Å². The third-order valence-corrected chi connectivity index (χ3v) is 3.60. The van der Waals surface area contributed by atoms with Crippen molar-refractivity contribution in [2.45, 2.75) is 19.4 Å². The molecule has 0 spiro atoms. The molecule has 0 saturated carbocycles. The number of benzene rings is 1. The van der Waals surface area contributed by atoms with E-state index in [4.69, 9.17) is 16.7 Å². The molecule has 4 nitrogen and oxygen atoms in total. The van der Waals surface area contributed by atoms with E-state index < -0.39 is 0 Å². The fraction of sp³-hybridized carbons (Fsp3) is 0.462. The Balaban J connectivity index is 2.60. The number of rotatable bonds is 6. The first kappa shape index (κ1) is 16.1. The van der Waals surface area contributed by atoms with E-state index in [1.807, 2.05) is 19.2 Å². The second-order valence-electron chi connectivity index (χ2n) is 4.22. The van der Waals surface area contributed by atoms with Gasteiger partial charge >= 0.3 is 6.03 Å². The topological polar surface area (TPSA) is 61.4 Å². The lowest BCUT2D eigenvalue weighted by atomic mass is 10.2. The highest BCUT2D eigenvalue weighted by molar-refractivity contribution is 7.98. The summed E-state index contributed by atoms with van der Waals surface area (Å²) in [6.07, 6.45) is 2.51. The Kier molecular flexibility index (Phi) is 7.05. The predicted octanol–water partition coefficient (Wildman–Crippen LogP) is 2.88. The zero-order chi connectivity index (χ0) is 14.3. The van der Waals surface area contributed by atoms with Crippen LogP contribution >= 0.6 is 23.4 Å². The molecule has 0 radical (unpaired) electrons.